The lowest BCUT2D eigenvalue weighted by molar-refractivity contribution is -0.0733. The maximum atomic E-state index is 2.69. The first-order valence-electron chi connectivity index (χ1n) is 5.98. The Kier molecular flexibility index (Phi) is 2.39. The van der Waals surface area contributed by atoms with Crippen molar-refractivity contribution in [2.24, 2.45) is 0 Å². The fourth-order valence-corrected chi connectivity index (χ4v) is 2.98. The van der Waals surface area contributed by atoms with Crippen LogP contribution in [0.1, 0.15) is 40.5 Å². The summed E-state index contributed by atoms with van der Waals surface area (Å²) in [5.74, 6) is 0. The Morgan fingerprint density at radius 2 is 1.86 bits per heavy atom. The van der Waals surface area contributed by atoms with E-state index in [0.717, 1.165) is 0 Å². The second-order valence-electron chi connectivity index (χ2n) is 5.93. The molecule has 0 aromatic rings. The van der Waals surface area contributed by atoms with Crippen molar-refractivity contribution in [1.29, 1.82) is 0 Å². The van der Waals surface area contributed by atoms with Crippen LogP contribution in [0.25, 0.3) is 0 Å². The van der Waals surface area contributed by atoms with Gasteiger partial charge in [-0.25, -0.2) is 0 Å². The Hall–Kier alpha value is -0.0800. The molecule has 0 N–H and O–H groups in total. The van der Waals surface area contributed by atoms with Gasteiger partial charge in [-0.05, 0) is 46.7 Å². The zero-order valence-corrected chi connectivity index (χ0v) is 10.1. The molecule has 0 atom stereocenters. The molecular formula is C12H24N2. The molecule has 0 unspecified atom stereocenters. The zero-order chi connectivity index (χ0) is 10.4. The number of likely N-dealkylation sites (tertiary alicyclic amines) is 2. The van der Waals surface area contributed by atoms with Crippen molar-refractivity contribution in [2.75, 3.05) is 26.2 Å². The molecule has 1 spiro atoms. The number of nitrogens with zero attached hydrogens (tertiary/aromatic N) is 2. The van der Waals surface area contributed by atoms with Crippen molar-refractivity contribution in [3.8, 4) is 0 Å². The lowest BCUT2D eigenvalue weighted by Gasteiger charge is -2.57. The van der Waals surface area contributed by atoms with Crippen LogP contribution in [-0.4, -0.2) is 47.1 Å². The van der Waals surface area contributed by atoms with Gasteiger partial charge in [-0.2, -0.15) is 0 Å². The summed E-state index contributed by atoms with van der Waals surface area (Å²) in [5, 5.41) is 0. The van der Waals surface area contributed by atoms with Crippen molar-refractivity contribution in [2.45, 2.75) is 51.6 Å². The summed E-state index contributed by atoms with van der Waals surface area (Å²) < 4.78 is 0. The third kappa shape index (κ3) is 1.49. The van der Waals surface area contributed by atoms with Gasteiger partial charge in [-0.15, -0.1) is 0 Å². The first-order valence-corrected chi connectivity index (χ1v) is 5.98. The van der Waals surface area contributed by atoms with Gasteiger partial charge in [0.05, 0.1) is 0 Å². The van der Waals surface area contributed by atoms with Gasteiger partial charge in [-0.1, -0.05) is 6.92 Å². The summed E-state index contributed by atoms with van der Waals surface area (Å²) in [5.41, 5.74) is 0.940. The summed E-state index contributed by atoms with van der Waals surface area (Å²) in [6.45, 7) is 14.4. The summed E-state index contributed by atoms with van der Waals surface area (Å²) in [6.07, 6.45) is 2.83. The summed E-state index contributed by atoms with van der Waals surface area (Å²) in [6, 6.07) is 0. The van der Waals surface area contributed by atoms with Crippen LogP contribution in [0.5, 0.6) is 0 Å². The van der Waals surface area contributed by atoms with E-state index in [0.29, 0.717) is 11.1 Å². The minimum absolute atomic E-state index is 0.368. The largest absolute Gasteiger partial charge is 0.295 e. The predicted octanol–water partition coefficient (Wildman–Crippen LogP) is 1.95. The molecule has 2 saturated heterocycles. The highest BCUT2D eigenvalue weighted by molar-refractivity contribution is 5.09. The Morgan fingerprint density at radius 1 is 1.21 bits per heavy atom. The Balaban J connectivity index is 1.97. The van der Waals surface area contributed by atoms with Gasteiger partial charge in [0.15, 0.2) is 0 Å². The van der Waals surface area contributed by atoms with Crippen LogP contribution < -0.4 is 0 Å². The third-order valence-corrected chi connectivity index (χ3v) is 4.04. The molecule has 0 aromatic carbocycles. The van der Waals surface area contributed by atoms with Crippen LogP contribution in [-0.2, 0) is 0 Å². The zero-order valence-electron chi connectivity index (χ0n) is 10.1. The van der Waals surface area contributed by atoms with Crippen LogP contribution in [0, 0.1) is 0 Å². The standard InChI is InChI=1S/C12H24N2/c1-5-13-8-6-7-12(13)9-14(10-12)11(2,3)4/h5-10H2,1-4H3. The molecule has 14 heavy (non-hydrogen) atoms. The van der Waals surface area contributed by atoms with Gasteiger partial charge in [0, 0.05) is 24.2 Å². The molecule has 0 saturated carbocycles. The summed E-state index contributed by atoms with van der Waals surface area (Å²) in [7, 11) is 0. The average Bonchev–Trinajstić information content (AvgIpc) is 2.41. The second-order valence-corrected chi connectivity index (χ2v) is 5.93. The first kappa shape index (κ1) is 10.4. The second kappa shape index (κ2) is 3.21. The molecule has 0 amide bonds. The van der Waals surface area contributed by atoms with Crippen LogP contribution in [0.4, 0.5) is 0 Å². The molecule has 0 aliphatic carbocycles. The van der Waals surface area contributed by atoms with Gasteiger partial charge in [-0.3, -0.25) is 9.80 Å². The monoisotopic (exact) mass is 196 g/mol. The molecule has 2 rings (SSSR count). The molecule has 82 valence electrons. The van der Waals surface area contributed by atoms with E-state index < -0.39 is 0 Å². The molecule has 2 heterocycles. The fraction of sp³-hybridized carbons (Fsp3) is 1.00. The topological polar surface area (TPSA) is 6.48 Å². The van der Waals surface area contributed by atoms with E-state index in [1.54, 1.807) is 0 Å². The summed E-state index contributed by atoms with van der Waals surface area (Å²) >= 11 is 0. The molecule has 2 heteroatoms. The van der Waals surface area contributed by atoms with Gasteiger partial charge < -0.3 is 0 Å². The van der Waals surface area contributed by atoms with Crippen LogP contribution in [0.2, 0.25) is 0 Å². The molecule has 2 aliphatic rings. The van der Waals surface area contributed by atoms with Gasteiger partial charge in [0.25, 0.3) is 0 Å². The Morgan fingerprint density at radius 3 is 2.36 bits per heavy atom. The minimum Gasteiger partial charge on any atom is -0.295 e. The maximum absolute atomic E-state index is 2.69. The normalized spacial score (nSPS) is 28.3. The van der Waals surface area contributed by atoms with E-state index in [9.17, 15) is 0 Å². The molecule has 2 aliphatic heterocycles. The average molecular weight is 196 g/mol. The maximum Gasteiger partial charge on any atom is 0.0463 e. The van der Waals surface area contributed by atoms with E-state index in [2.05, 4.69) is 37.5 Å². The van der Waals surface area contributed by atoms with Crippen LogP contribution >= 0.6 is 0 Å². The highest BCUT2D eigenvalue weighted by Gasteiger charge is 2.51. The molecule has 0 radical (unpaired) electrons. The van der Waals surface area contributed by atoms with Gasteiger partial charge in [0.2, 0.25) is 0 Å². The quantitative estimate of drug-likeness (QED) is 0.632. The first-order chi connectivity index (χ1) is 6.48. The van der Waals surface area contributed by atoms with E-state index >= 15 is 0 Å². The number of rotatable bonds is 1. The van der Waals surface area contributed by atoms with E-state index in [-0.39, 0.29) is 0 Å². The Labute approximate surface area is 88.3 Å². The lowest BCUT2D eigenvalue weighted by atomic mass is 9.83. The van der Waals surface area contributed by atoms with Crippen LogP contribution in [0.15, 0.2) is 0 Å². The molecule has 2 nitrogen and oxygen atoms in total. The summed E-state index contributed by atoms with van der Waals surface area (Å²) in [4.78, 5) is 5.30. The van der Waals surface area contributed by atoms with Gasteiger partial charge in [0.1, 0.15) is 0 Å². The molecule has 2 fully saturated rings. The van der Waals surface area contributed by atoms with Crippen molar-refractivity contribution < 1.29 is 0 Å². The van der Waals surface area contributed by atoms with Crippen molar-refractivity contribution >= 4 is 0 Å². The van der Waals surface area contributed by atoms with E-state index in [4.69, 9.17) is 0 Å². The van der Waals surface area contributed by atoms with E-state index in [1.807, 2.05) is 0 Å². The third-order valence-electron chi connectivity index (χ3n) is 4.04. The number of hydrogen-bond acceptors (Lipinski definition) is 2. The number of likely N-dealkylation sites (N-methyl/N-ethyl adjacent to an activating group) is 1. The molecule has 0 bridgehead atoms. The SMILES string of the molecule is CCN1CCCC12CN(C(C)(C)C)C2. The minimum atomic E-state index is 0.368. The smallest absolute Gasteiger partial charge is 0.0463 e. The van der Waals surface area contributed by atoms with E-state index in [1.165, 1.54) is 39.0 Å². The highest BCUT2D eigenvalue weighted by atomic mass is 15.4. The molecular weight excluding hydrogens is 172 g/mol. The van der Waals surface area contributed by atoms with Crippen molar-refractivity contribution in [1.82, 2.24) is 9.80 Å². The molecule has 0 aromatic heterocycles. The van der Waals surface area contributed by atoms with Crippen LogP contribution in [0.3, 0.4) is 0 Å². The Bertz CT molecular complexity index is 211. The highest BCUT2D eigenvalue weighted by Crippen LogP contribution is 2.40. The van der Waals surface area contributed by atoms with Crippen molar-refractivity contribution in [3.63, 3.8) is 0 Å². The fourth-order valence-electron chi connectivity index (χ4n) is 2.98. The predicted molar refractivity (Wildman–Crippen MR) is 60.5 cm³/mol. The number of hydrogen-bond donors (Lipinski definition) is 0. The van der Waals surface area contributed by atoms with Crippen molar-refractivity contribution in [3.05, 3.63) is 0 Å². The van der Waals surface area contributed by atoms with Gasteiger partial charge >= 0.3 is 0 Å². The lowest BCUT2D eigenvalue weighted by Crippen LogP contribution is -2.71.